The van der Waals surface area contributed by atoms with E-state index in [-0.39, 0.29) is 6.54 Å². The van der Waals surface area contributed by atoms with E-state index in [0.717, 1.165) is 5.56 Å². The van der Waals surface area contributed by atoms with Crippen molar-refractivity contribution in [1.82, 2.24) is 5.32 Å². The summed E-state index contributed by atoms with van der Waals surface area (Å²) in [6, 6.07) is 14.3. The quantitative estimate of drug-likeness (QED) is 0.728. The van der Waals surface area contributed by atoms with Gasteiger partial charge in [-0.1, -0.05) is 30.3 Å². The molecule has 2 aromatic carbocycles. The van der Waals surface area contributed by atoms with Crippen LogP contribution in [-0.2, 0) is 6.42 Å². The first-order chi connectivity index (χ1) is 11.6. The summed E-state index contributed by atoms with van der Waals surface area (Å²) in [6.07, 6.45) is -0.166. The van der Waals surface area contributed by atoms with Crippen molar-refractivity contribution >= 4 is 11.7 Å². The monoisotopic (exact) mass is 330 g/mol. The molecule has 0 heterocycles. The van der Waals surface area contributed by atoms with Gasteiger partial charge in [0, 0.05) is 24.7 Å². The van der Waals surface area contributed by atoms with Gasteiger partial charge in [0.25, 0.3) is 0 Å². The van der Waals surface area contributed by atoms with E-state index in [9.17, 15) is 9.90 Å². The molecule has 0 saturated heterocycles. The van der Waals surface area contributed by atoms with Crippen molar-refractivity contribution in [3.63, 3.8) is 0 Å². The Morgan fingerprint density at radius 3 is 2.46 bits per heavy atom. The summed E-state index contributed by atoms with van der Waals surface area (Å²) in [5.41, 5.74) is 1.59. The smallest absolute Gasteiger partial charge is 0.319 e. The Labute approximate surface area is 141 Å². The second kappa shape index (κ2) is 8.79. The molecule has 0 spiro atoms. The summed E-state index contributed by atoms with van der Waals surface area (Å²) < 4.78 is 10.3. The normalized spacial score (nSPS) is 11.5. The van der Waals surface area contributed by atoms with Gasteiger partial charge < -0.3 is 25.2 Å². The van der Waals surface area contributed by atoms with Crippen LogP contribution in [0.5, 0.6) is 11.5 Å². The number of aliphatic hydroxyl groups is 1. The topological polar surface area (TPSA) is 79.8 Å². The van der Waals surface area contributed by atoms with E-state index in [1.807, 2.05) is 30.3 Å². The summed E-state index contributed by atoms with van der Waals surface area (Å²) >= 11 is 0. The SMILES string of the molecule is COc1ccc(NC(=O)NC[C@@H](O)Cc2ccccc2)cc1OC. The lowest BCUT2D eigenvalue weighted by atomic mass is 10.1. The lowest BCUT2D eigenvalue weighted by molar-refractivity contribution is 0.172. The minimum Gasteiger partial charge on any atom is -0.493 e. The van der Waals surface area contributed by atoms with E-state index in [2.05, 4.69) is 10.6 Å². The standard InChI is InChI=1S/C18H22N2O4/c1-23-16-9-8-14(11-17(16)24-2)20-18(22)19-12-15(21)10-13-6-4-3-5-7-13/h3-9,11,15,21H,10,12H2,1-2H3,(H2,19,20,22)/t15-/m0/s1. The maximum absolute atomic E-state index is 11.9. The molecule has 1 atom stereocenters. The molecule has 6 nitrogen and oxygen atoms in total. The fourth-order valence-electron chi connectivity index (χ4n) is 2.26. The van der Waals surface area contributed by atoms with Crippen LogP contribution in [0.4, 0.5) is 10.5 Å². The predicted molar refractivity (Wildman–Crippen MR) is 92.7 cm³/mol. The second-order valence-corrected chi connectivity index (χ2v) is 5.25. The van der Waals surface area contributed by atoms with Crippen LogP contribution in [0.25, 0.3) is 0 Å². The molecule has 128 valence electrons. The van der Waals surface area contributed by atoms with Crippen molar-refractivity contribution in [1.29, 1.82) is 0 Å². The number of nitrogens with one attached hydrogen (secondary N) is 2. The van der Waals surface area contributed by atoms with Gasteiger partial charge >= 0.3 is 6.03 Å². The molecule has 2 aromatic rings. The second-order valence-electron chi connectivity index (χ2n) is 5.25. The van der Waals surface area contributed by atoms with E-state index < -0.39 is 12.1 Å². The summed E-state index contributed by atoms with van der Waals surface area (Å²) in [5, 5.41) is 15.3. The minimum absolute atomic E-state index is 0.161. The Kier molecular flexibility index (Phi) is 6.45. The molecule has 6 heteroatoms. The largest absolute Gasteiger partial charge is 0.493 e. The highest BCUT2D eigenvalue weighted by Crippen LogP contribution is 2.29. The molecule has 2 amide bonds. The van der Waals surface area contributed by atoms with Crippen LogP contribution in [0.2, 0.25) is 0 Å². The van der Waals surface area contributed by atoms with Gasteiger partial charge in [-0.15, -0.1) is 0 Å². The number of hydrogen-bond acceptors (Lipinski definition) is 4. The maximum atomic E-state index is 11.9. The third kappa shape index (κ3) is 5.17. The van der Waals surface area contributed by atoms with Crippen molar-refractivity contribution in [2.45, 2.75) is 12.5 Å². The summed E-state index contributed by atoms with van der Waals surface area (Å²) in [6.45, 7) is 0.161. The van der Waals surface area contributed by atoms with E-state index in [1.54, 1.807) is 25.3 Å². The number of rotatable bonds is 7. The molecular formula is C18H22N2O4. The number of methoxy groups -OCH3 is 2. The predicted octanol–water partition coefficient (Wildman–Crippen LogP) is 2.43. The maximum Gasteiger partial charge on any atom is 0.319 e. The molecule has 0 radical (unpaired) electrons. The Hall–Kier alpha value is -2.73. The van der Waals surface area contributed by atoms with Gasteiger partial charge in [-0.05, 0) is 17.7 Å². The van der Waals surface area contributed by atoms with Gasteiger partial charge in [0.2, 0.25) is 0 Å². The highest BCUT2D eigenvalue weighted by molar-refractivity contribution is 5.89. The zero-order valence-corrected chi connectivity index (χ0v) is 13.8. The lowest BCUT2D eigenvalue weighted by Gasteiger charge is -2.14. The first-order valence-corrected chi connectivity index (χ1v) is 7.61. The number of carbonyl (C=O) groups excluding carboxylic acids is 1. The van der Waals surface area contributed by atoms with Crippen LogP contribution in [0.15, 0.2) is 48.5 Å². The first kappa shape index (κ1) is 17.6. The number of hydrogen-bond donors (Lipinski definition) is 3. The van der Waals surface area contributed by atoms with Crippen LogP contribution in [0.3, 0.4) is 0 Å². The zero-order valence-electron chi connectivity index (χ0n) is 13.8. The fraction of sp³-hybridized carbons (Fsp3) is 0.278. The summed E-state index contributed by atoms with van der Waals surface area (Å²) in [4.78, 5) is 11.9. The van der Waals surface area contributed by atoms with Crippen LogP contribution in [0, 0.1) is 0 Å². The van der Waals surface area contributed by atoms with Crippen molar-refractivity contribution < 1.29 is 19.4 Å². The number of carbonyl (C=O) groups is 1. The third-order valence-electron chi connectivity index (χ3n) is 3.45. The van der Waals surface area contributed by atoms with E-state index >= 15 is 0 Å². The number of ether oxygens (including phenoxy) is 2. The van der Waals surface area contributed by atoms with Crippen molar-refractivity contribution in [2.24, 2.45) is 0 Å². The Balaban J connectivity index is 1.82. The van der Waals surface area contributed by atoms with Gasteiger partial charge in [-0.3, -0.25) is 0 Å². The van der Waals surface area contributed by atoms with E-state index in [4.69, 9.17) is 9.47 Å². The minimum atomic E-state index is -0.649. The number of anilines is 1. The summed E-state index contributed by atoms with van der Waals surface area (Å²) in [7, 11) is 3.08. The van der Waals surface area contributed by atoms with Gasteiger partial charge in [0.05, 0.1) is 20.3 Å². The molecule has 0 aliphatic carbocycles. The van der Waals surface area contributed by atoms with Gasteiger partial charge in [-0.25, -0.2) is 4.79 Å². The molecular weight excluding hydrogens is 308 g/mol. The molecule has 2 rings (SSSR count). The van der Waals surface area contributed by atoms with Crippen molar-refractivity contribution in [3.8, 4) is 11.5 Å². The lowest BCUT2D eigenvalue weighted by Crippen LogP contribution is -2.36. The van der Waals surface area contributed by atoms with E-state index in [0.29, 0.717) is 23.6 Å². The Bertz CT molecular complexity index is 661. The molecule has 0 fully saturated rings. The molecule has 0 unspecified atom stereocenters. The van der Waals surface area contributed by atoms with Gasteiger partial charge in [0.15, 0.2) is 11.5 Å². The average molecular weight is 330 g/mol. The number of urea groups is 1. The van der Waals surface area contributed by atoms with E-state index in [1.165, 1.54) is 7.11 Å². The van der Waals surface area contributed by atoms with Gasteiger partial charge in [-0.2, -0.15) is 0 Å². The third-order valence-corrected chi connectivity index (χ3v) is 3.45. The Morgan fingerprint density at radius 1 is 1.08 bits per heavy atom. The fourth-order valence-corrected chi connectivity index (χ4v) is 2.26. The van der Waals surface area contributed by atoms with Crippen LogP contribution < -0.4 is 20.1 Å². The van der Waals surface area contributed by atoms with Crippen molar-refractivity contribution in [2.75, 3.05) is 26.1 Å². The highest BCUT2D eigenvalue weighted by Gasteiger charge is 2.10. The van der Waals surface area contributed by atoms with Crippen molar-refractivity contribution in [3.05, 3.63) is 54.1 Å². The zero-order chi connectivity index (χ0) is 17.4. The molecule has 0 aromatic heterocycles. The molecule has 0 aliphatic rings. The Morgan fingerprint density at radius 2 is 1.79 bits per heavy atom. The van der Waals surface area contributed by atoms with Gasteiger partial charge in [0.1, 0.15) is 0 Å². The van der Waals surface area contributed by atoms with Crippen LogP contribution in [0.1, 0.15) is 5.56 Å². The molecule has 0 saturated carbocycles. The first-order valence-electron chi connectivity index (χ1n) is 7.61. The number of benzene rings is 2. The van der Waals surface area contributed by atoms with Crippen LogP contribution >= 0.6 is 0 Å². The highest BCUT2D eigenvalue weighted by atomic mass is 16.5. The average Bonchev–Trinajstić information content (AvgIpc) is 2.60. The molecule has 0 aliphatic heterocycles. The number of amides is 2. The number of aliphatic hydroxyl groups excluding tert-OH is 1. The molecule has 3 N–H and O–H groups in total. The summed E-state index contributed by atoms with van der Waals surface area (Å²) in [5.74, 6) is 1.11. The molecule has 0 bridgehead atoms. The molecule has 24 heavy (non-hydrogen) atoms. The van der Waals surface area contributed by atoms with Crippen LogP contribution in [-0.4, -0.2) is 38.0 Å².